The molecule has 0 fully saturated rings. The molecule has 0 aliphatic carbocycles. The van der Waals surface area contributed by atoms with Crippen molar-refractivity contribution in [2.75, 3.05) is 0 Å². The summed E-state index contributed by atoms with van der Waals surface area (Å²) in [6, 6.07) is 6.54. The normalized spacial score (nSPS) is 13.4. The summed E-state index contributed by atoms with van der Waals surface area (Å²) in [6.07, 6.45) is 3.26. The number of benzene rings is 1. The van der Waals surface area contributed by atoms with E-state index in [1.54, 1.807) is 0 Å². The summed E-state index contributed by atoms with van der Waals surface area (Å²) in [7, 11) is 1.96. The van der Waals surface area contributed by atoms with Crippen molar-refractivity contribution in [3.63, 3.8) is 0 Å². The summed E-state index contributed by atoms with van der Waals surface area (Å²) in [5.74, 6) is 0.639. The van der Waals surface area contributed by atoms with Crippen LogP contribution in [0.4, 0.5) is 0 Å². The van der Waals surface area contributed by atoms with Gasteiger partial charge in [-0.3, -0.25) is 4.68 Å². The van der Waals surface area contributed by atoms with E-state index < -0.39 is 0 Å². The average Bonchev–Trinajstić information content (AvgIpc) is 2.55. The van der Waals surface area contributed by atoms with Crippen LogP contribution in [-0.4, -0.2) is 9.78 Å². The molecule has 0 bridgehead atoms. The molecule has 1 heterocycles. The van der Waals surface area contributed by atoms with Crippen molar-refractivity contribution in [2.45, 2.75) is 26.2 Å². The summed E-state index contributed by atoms with van der Waals surface area (Å²) in [5, 5.41) is 5.60. The Kier molecular flexibility index (Phi) is 2.28. The molecule has 0 N–H and O–H groups in total. The Morgan fingerprint density at radius 3 is 2.93 bits per heavy atom. The molecular weight excluding hydrogens is 172 g/mol. The van der Waals surface area contributed by atoms with Gasteiger partial charge in [0.15, 0.2) is 0 Å². The quantitative estimate of drug-likeness (QED) is 0.708. The fourth-order valence-electron chi connectivity index (χ4n) is 1.71. The van der Waals surface area contributed by atoms with Crippen LogP contribution in [0.2, 0.25) is 0 Å². The molecule has 1 aromatic heterocycles. The van der Waals surface area contributed by atoms with Crippen LogP contribution in [0.1, 0.15) is 31.7 Å². The lowest BCUT2D eigenvalue weighted by molar-refractivity contribution is 0.735. The van der Waals surface area contributed by atoms with Crippen LogP contribution >= 0.6 is 0 Å². The van der Waals surface area contributed by atoms with E-state index in [-0.39, 0.29) is 0 Å². The monoisotopic (exact) mass is 188 g/mol. The van der Waals surface area contributed by atoms with E-state index in [1.165, 1.54) is 17.4 Å². The van der Waals surface area contributed by atoms with Crippen molar-refractivity contribution >= 4 is 10.9 Å². The van der Waals surface area contributed by atoms with Gasteiger partial charge in [0.2, 0.25) is 0 Å². The van der Waals surface area contributed by atoms with Gasteiger partial charge in [-0.05, 0) is 30.0 Å². The lowest BCUT2D eigenvalue weighted by Crippen LogP contribution is -1.89. The predicted octanol–water partition coefficient (Wildman–Crippen LogP) is 3.09. The fraction of sp³-hybridized carbons (Fsp3) is 0.417. The van der Waals surface area contributed by atoms with Crippen LogP contribution < -0.4 is 0 Å². The zero-order chi connectivity index (χ0) is 10.1. The predicted molar refractivity (Wildman–Crippen MR) is 59.4 cm³/mol. The number of rotatable bonds is 2. The van der Waals surface area contributed by atoms with Gasteiger partial charge < -0.3 is 0 Å². The maximum Gasteiger partial charge on any atom is 0.0923 e. The highest BCUT2D eigenvalue weighted by Crippen LogP contribution is 2.22. The van der Waals surface area contributed by atoms with Gasteiger partial charge in [0.05, 0.1) is 5.52 Å². The van der Waals surface area contributed by atoms with Crippen LogP contribution in [0.25, 0.3) is 10.9 Å². The minimum Gasteiger partial charge on any atom is -0.275 e. The Bertz CT molecular complexity index is 443. The molecular formula is C12H16N2. The molecule has 2 nitrogen and oxygen atoms in total. The highest BCUT2D eigenvalue weighted by Gasteiger charge is 2.05. The zero-order valence-corrected chi connectivity index (χ0v) is 8.99. The fourth-order valence-corrected chi connectivity index (χ4v) is 1.71. The summed E-state index contributed by atoms with van der Waals surface area (Å²) in [5.41, 5.74) is 2.49. The van der Waals surface area contributed by atoms with Crippen LogP contribution in [0.5, 0.6) is 0 Å². The van der Waals surface area contributed by atoms with E-state index in [1.807, 2.05) is 11.7 Å². The highest BCUT2D eigenvalue weighted by atomic mass is 15.2. The highest BCUT2D eigenvalue weighted by molar-refractivity contribution is 5.78. The van der Waals surface area contributed by atoms with Gasteiger partial charge in [-0.25, -0.2) is 0 Å². The SMILES string of the molecule is CCC(C)c1ccc2nn(C)cc2c1. The molecule has 2 heteroatoms. The smallest absolute Gasteiger partial charge is 0.0923 e. The molecule has 2 rings (SSSR count). The first-order valence-electron chi connectivity index (χ1n) is 5.14. The summed E-state index contributed by atoms with van der Waals surface area (Å²) in [6.45, 7) is 4.48. The molecule has 0 aliphatic heterocycles. The molecule has 2 aromatic rings. The first-order valence-corrected chi connectivity index (χ1v) is 5.14. The van der Waals surface area contributed by atoms with Gasteiger partial charge in [0.25, 0.3) is 0 Å². The lowest BCUT2D eigenvalue weighted by Gasteiger charge is -2.07. The first-order chi connectivity index (χ1) is 6.70. The molecule has 0 saturated heterocycles. The molecule has 74 valence electrons. The summed E-state index contributed by atoms with van der Waals surface area (Å²) < 4.78 is 1.87. The molecule has 1 aromatic carbocycles. The van der Waals surface area contributed by atoms with E-state index in [2.05, 4.69) is 43.3 Å². The third kappa shape index (κ3) is 1.52. The number of aromatic nitrogens is 2. The minimum atomic E-state index is 0.639. The van der Waals surface area contributed by atoms with Crippen LogP contribution in [0, 0.1) is 0 Å². The third-order valence-electron chi connectivity index (χ3n) is 2.82. The Hall–Kier alpha value is -1.31. The number of hydrogen-bond donors (Lipinski definition) is 0. The van der Waals surface area contributed by atoms with E-state index in [0.29, 0.717) is 5.92 Å². The Morgan fingerprint density at radius 2 is 2.21 bits per heavy atom. The number of aryl methyl sites for hydroxylation is 1. The second-order valence-electron chi connectivity index (χ2n) is 3.93. The number of fused-ring (bicyclic) bond motifs is 1. The van der Waals surface area contributed by atoms with Crippen molar-refractivity contribution in [3.8, 4) is 0 Å². The summed E-state index contributed by atoms with van der Waals surface area (Å²) in [4.78, 5) is 0. The van der Waals surface area contributed by atoms with Gasteiger partial charge in [-0.2, -0.15) is 5.10 Å². The topological polar surface area (TPSA) is 17.8 Å². The molecule has 0 radical (unpaired) electrons. The van der Waals surface area contributed by atoms with Crippen LogP contribution in [-0.2, 0) is 7.05 Å². The average molecular weight is 188 g/mol. The second-order valence-corrected chi connectivity index (χ2v) is 3.93. The van der Waals surface area contributed by atoms with Crippen LogP contribution in [0.3, 0.4) is 0 Å². The van der Waals surface area contributed by atoms with E-state index >= 15 is 0 Å². The Labute approximate surface area is 84.5 Å². The maximum atomic E-state index is 4.36. The van der Waals surface area contributed by atoms with Gasteiger partial charge in [0, 0.05) is 18.6 Å². The van der Waals surface area contributed by atoms with E-state index in [9.17, 15) is 0 Å². The van der Waals surface area contributed by atoms with Gasteiger partial charge >= 0.3 is 0 Å². The number of nitrogens with zero attached hydrogens (tertiary/aromatic N) is 2. The molecule has 0 amide bonds. The largest absolute Gasteiger partial charge is 0.275 e. The second kappa shape index (κ2) is 3.45. The third-order valence-corrected chi connectivity index (χ3v) is 2.82. The van der Waals surface area contributed by atoms with Crippen molar-refractivity contribution in [1.29, 1.82) is 0 Å². The maximum absolute atomic E-state index is 4.36. The van der Waals surface area contributed by atoms with Crippen molar-refractivity contribution in [1.82, 2.24) is 9.78 Å². The standard InChI is InChI=1S/C12H16N2/c1-4-9(2)10-5-6-12-11(7-10)8-14(3)13-12/h5-9H,4H2,1-3H3. The number of hydrogen-bond acceptors (Lipinski definition) is 1. The molecule has 0 aliphatic rings. The van der Waals surface area contributed by atoms with Crippen molar-refractivity contribution in [3.05, 3.63) is 30.0 Å². The molecule has 1 atom stereocenters. The Morgan fingerprint density at radius 1 is 1.43 bits per heavy atom. The van der Waals surface area contributed by atoms with Gasteiger partial charge in [-0.1, -0.05) is 19.9 Å². The lowest BCUT2D eigenvalue weighted by atomic mass is 9.98. The van der Waals surface area contributed by atoms with Gasteiger partial charge in [-0.15, -0.1) is 0 Å². The van der Waals surface area contributed by atoms with Gasteiger partial charge in [0.1, 0.15) is 0 Å². The summed E-state index contributed by atoms with van der Waals surface area (Å²) >= 11 is 0. The molecule has 0 spiro atoms. The van der Waals surface area contributed by atoms with E-state index in [4.69, 9.17) is 0 Å². The zero-order valence-electron chi connectivity index (χ0n) is 8.99. The molecule has 14 heavy (non-hydrogen) atoms. The van der Waals surface area contributed by atoms with Crippen molar-refractivity contribution in [2.24, 2.45) is 7.05 Å². The minimum absolute atomic E-state index is 0.639. The first kappa shape index (κ1) is 9.25. The van der Waals surface area contributed by atoms with E-state index in [0.717, 1.165) is 5.52 Å². The van der Waals surface area contributed by atoms with Crippen molar-refractivity contribution < 1.29 is 0 Å². The molecule has 1 unspecified atom stereocenters. The Balaban J connectivity index is 2.50. The molecule has 0 saturated carbocycles. The van der Waals surface area contributed by atoms with Crippen LogP contribution in [0.15, 0.2) is 24.4 Å².